The highest BCUT2D eigenvalue weighted by Crippen LogP contribution is 2.33. The zero-order chi connectivity index (χ0) is 18.7. The van der Waals surface area contributed by atoms with E-state index in [0.717, 1.165) is 11.1 Å². The molecule has 0 atom stereocenters. The fourth-order valence-corrected chi connectivity index (χ4v) is 3.92. The Labute approximate surface area is 168 Å². The Morgan fingerprint density at radius 2 is 1.88 bits per heavy atom. The average molecular weight is 498 g/mol. The van der Waals surface area contributed by atoms with Crippen LogP contribution in [0, 0.1) is 10.1 Å². The number of nitrogens with one attached hydrogen (secondary N) is 1. The molecule has 0 amide bonds. The molecular formula is C16H10Br2N4O3S. The van der Waals surface area contributed by atoms with Crippen LogP contribution in [0.15, 0.2) is 55.8 Å². The van der Waals surface area contributed by atoms with Crippen molar-refractivity contribution in [3.05, 3.63) is 66.4 Å². The Morgan fingerprint density at radius 1 is 1.23 bits per heavy atom. The van der Waals surface area contributed by atoms with Crippen molar-refractivity contribution in [3.63, 3.8) is 0 Å². The molecule has 0 aliphatic heterocycles. The Kier molecular flexibility index (Phi) is 5.64. The van der Waals surface area contributed by atoms with E-state index in [4.69, 9.17) is 0 Å². The van der Waals surface area contributed by atoms with E-state index in [1.807, 2.05) is 5.38 Å². The van der Waals surface area contributed by atoms with Crippen LogP contribution in [0.5, 0.6) is 5.75 Å². The molecule has 2 aromatic carbocycles. The summed E-state index contributed by atoms with van der Waals surface area (Å²) in [7, 11) is 0. The number of non-ortho nitro benzene ring substituents is 1. The summed E-state index contributed by atoms with van der Waals surface area (Å²) in [6.07, 6.45) is 1.60. The number of hydrogen-bond acceptors (Lipinski definition) is 7. The molecular weight excluding hydrogens is 488 g/mol. The maximum atomic E-state index is 10.7. The maximum absolute atomic E-state index is 10.7. The van der Waals surface area contributed by atoms with Crippen LogP contribution in [0.3, 0.4) is 0 Å². The summed E-state index contributed by atoms with van der Waals surface area (Å²) < 4.78 is 1.12. The predicted molar refractivity (Wildman–Crippen MR) is 109 cm³/mol. The zero-order valence-electron chi connectivity index (χ0n) is 12.9. The first kappa shape index (κ1) is 18.5. The maximum Gasteiger partial charge on any atom is 0.269 e. The lowest BCUT2D eigenvalue weighted by atomic mass is 10.1. The van der Waals surface area contributed by atoms with Gasteiger partial charge in [0.1, 0.15) is 5.75 Å². The third-order valence-electron chi connectivity index (χ3n) is 3.29. The highest BCUT2D eigenvalue weighted by atomic mass is 79.9. The van der Waals surface area contributed by atoms with Crippen LogP contribution in [-0.4, -0.2) is 21.2 Å². The van der Waals surface area contributed by atoms with Gasteiger partial charge in [0.25, 0.3) is 5.69 Å². The van der Waals surface area contributed by atoms with Crippen LogP contribution in [0.2, 0.25) is 0 Å². The number of nitro groups is 1. The number of phenols is 1. The van der Waals surface area contributed by atoms with Crippen molar-refractivity contribution >= 4 is 60.2 Å². The SMILES string of the molecule is O=[N+]([O-])c1ccc(-c2csc(NN=Cc3cc(Br)c(O)c(Br)c3)n2)cc1. The number of hydrazone groups is 1. The second-order valence-corrected chi connectivity index (χ2v) is 7.61. The summed E-state index contributed by atoms with van der Waals surface area (Å²) in [6, 6.07) is 9.67. The number of phenolic OH excluding ortho intramolecular Hbond substituents is 1. The van der Waals surface area contributed by atoms with Gasteiger partial charge in [-0.2, -0.15) is 5.10 Å². The normalized spacial score (nSPS) is 11.0. The molecule has 2 N–H and O–H groups in total. The van der Waals surface area contributed by atoms with E-state index in [2.05, 4.69) is 47.4 Å². The number of aromatic nitrogens is 1. The Balaban J connectivity index is 1.69. The van der Waals surface area contributed by atoms with Crippen LogP contribution >= 0.6 is 43.2 Å². The van der Waals surface area contributed by atoms with Gasteiger partial charge in [0.15, 0.2) is 0 Å². The minimum atomic E-state index is -0.438. The number of nitrogens with zero attached hydrogens (tertiary/aromatic N) is 3. The number of rotatable bonds is 5. The van der Waals surface area contributed by atoms with Crippen molar-refractivity contribution in [2.75, 3.05) is 5.43 Å². The summed E-state index contributed by atoms with van der Waals surface area (Å²) in [6.45, 7) is 0. The molecule has 0 saturated carbocycles. The molecule has 1 aromatic heterocycles. The van der Waals surface area contributed by atoms with Crippen molar-refractivity contribution in [1.82, 2.24) is 4.98 Å². The Morgan fingerprint density at radius 3 is 2.50 bits per heavy atom. The van der Waals surface area contributed by atoms with E-state index in [0.29, 0.717) is 19.8 Å². The summed E-state index contributed by atoms with van der Waals surface area (Å²) in [5.74, 6) is 0.128. The number of anilines is 1. The lowest BCUT2D eigenvalue weighted by Crippen LogP contribution is -1.91. The predicted octanol–water partition coefficient (Wildman–Crippen LogP) is 5.39. The molecule has 1 heterocycles. The van der Waals surface area contributed by atoms with E-state index >= 15 is 0 Å². The van der Waals surface area contributed by atoms with Crippen molar-refractivity contribution in [2.45, 2.75) is 0 Å². The van der Waals surface area contributed by atoms with Crippen molar-refractivity contribution in [3.8, 4) is 17.0 Å². The molecule has 7 nitrogen and oxygen atoms in total. The highest BCUT2D eigenvalue weighted by molar-refractivity contribution is 9.11. The number of hydrogen-bond donors (Lipinski definition) is 2. The summed E-state index contributed by atoms with van der Waals surface area (Å²) in [5, 5.41) is 26.9. The fraction of sp³-hybridized carbons (Fsp3) is 0. The molecule has 132 valence electrons. The second kappa shape index (κ2) is 7.94. The third-order valence-corrected chi connectivity index (χ3v) is 5.25. The first-order chi connectivity index (χ1) is 12.4. The Hall–Kier alpha value is -2.30. The van der Waals surface area contributed by atoms with Crippen molar-refractivity contribution < 1.29 is 10.0 Å². The molecule has 0 fully saturated rings. The van der Waals surface area contributed by atoms with E-state index in [1.54, 1.807) is 30.5 Å². The number of halogens is 2. The summed E-state index contributed by atoms with van der Waals surface area (Å²) >= 11 is 7.90. The summed E-state index contributed by atoms with van der Waals surface area (Å²) in [4.78, 5) is 14.7. The molecule has 3 aromatic rings. The van der Waals surface area contributed by atoms with Gasteiger partial charge in [-0.1, -0.05) is 0 Å². The topological polar surface area (TPSA) is 101 Å². The van der Waals surface area contributed by atoms with Crippen molar-refractivity contribution in [1.29, 1.82) is 0 Å². The van der Waals surface area contributed by atoms with Gasteiger partial charge in [0.05, 0.1) is 25.8 Å². The van der Waals surface area contributed by atoms with Crippen LogP contribution in [0.25, 0.3) is 11.3 Å². The fourth-order valence-electron chi connectivity index (χ4n) is 2.03. The van der Waals surface area contributed by atoms with Gasteiger partial charge in [-0.25, -0.2) is 4.98 Å². The van der Waals surface area contributed by atoms with Gasteiger partial charge in [-0.05, 0) is 61.7 Å². The molecule has 0 aliphatic rings. The second-order valence-electron chi connectivity index (χ2n) is 5.05. The molecule has 0 spiro atoms. The molecule has 0 aliphatic carbocycles. The number of thiazole rings is 1. The quantitative estimate of drug-likeness (QED) is 0.279. The van der Waals surface area contributed by atoms with Crippen molar-refractivity contribution in [2.24, 2.45) is 5.10 Å². The van der Waals surface area contributed by atoms with Crippen LogP contribution in [-0.2, 0) is 0 Å². The molecule has 0 radical (unpaired) electrons. The van der Waals surface area contributed by atoms with Gasteiger partial charge >= 0.3 is 0 Å². The van der Waals surface area contributed by atoms with Gasteiger partial charge in [-0.3, -0.25) is 15.5 Å². The number of benzene rings is 2. The van der Waals surface area contributed by atoms with Gasteiger partial charge in [0, 0.05) is 23.1 Å². The van der Waals surface area contributed by atoms with E-state index in [9.17, 15) is 15.2 Å². The smallest absolute Gasteiger partial charge is 0.269 e. The van der Waals surface area contributed by atoms with Gasteiger partial charge in [0.2, 0.25) is 5.13 Å². The zero-order valence-corrected chi connectivity index (χ0v) is 16.9. The van der Waals surface area contributed by atoms with Crippen LogP contribution in [0.1, 0.15) is 5.56 Å². The molecule has 0 unspecified atom stereocenters. The van der Waals surface area contributed by atoms with Gasteiger partial charge in [-0.15, -0.1) is 11.3 Å². The average Bonchev–Trinajstić information content (AvgIpc) is 3.08. The third kappa shape index (κ3) is 4.26. The lowest BCUT2D eigenvalue weighted by Gasteiger charge is -2.01. The van der Waals surface area contributed by atoms with Crippen LogP contribution in [0.4, 0.5) is 10.8 Å². The molecule has 0 bridgehead atoms. The minimum absolute atomic E-state index is 0.0400. The largest absolute Gasteiger partial charge is 0.506 e. The highest BCUT2D eigenvalue weighted by Gasteiger charge is 2.08. The van der Waals surface area contributed by atoms with Crippen LogP contribution < -0.4 is 5.43 Å². The minimum Gasteiger partial charge on any atom is -0.506 e. The van der Waals surface area contributed by atoms with E-state index < -0.39 is 4.92 Å². The first-order valence-corrected chi connectivity index (χ1v) is 9.58. The molecule has 10 heteroatoms. The van der Waals surface area contributed by atoms with E-state index in [-0.39, 0.29) is 11.4 Å². The monoisotopic (exact) mass is 496 g/mol. The molecule has 3 rings (SSSR count). The Bertz CT molecular complexity index is 966. The standard InChI is InChI=1S/C16H10Br2N4O3S/c17-12-5-9(6-13(18)15(12)23)7-19-21-16-20-14(8-26-16)10-1-3-11(4-2-10)22(24)25/h1-8,23H,(H,20,21). The first-order valence-electron chi connectivity index (χ1n) is 7.11. The van der Waals surface area contributed by atoms with E-state index in [1.165, 1.54) is 23.5 Å². The van der Waals surface area contributed by atoms with Gasteiger partial charge < -0.3 is 5.11 Å². The summed E-state index contributed by atoms with van der Waals surface area (Å²) in [5.41, 5.74) is 5.15. The molecule has 0 saturated heterocycles. The molecule has 26 heavy (non-hydrogen) atoms. The lowest BCUT2D eigenvalue weighted by molar-refractivity contribution is -0.384. The number of nitro benzene ring substituents is 1. The number of aromatic hydroxyl groups is 1.